The third-order valence-corrected chi connectivity index (χ3v) is 4.84. The summed E-state index contributed by atoms with van der Waals surface area (Å²) in [5, 5.41) is 0. The Labute approximate surface area is 253 Å². The molecule has 6 aromatic heterocycles. The summed E-state index contributed by atoms with van der Waals surface area (Å²) >= 11 is 0. The van der Waals surface area contributed by atoms with Crippen LogP contribution in [0.15, 0.2) is 147 Å². The Morgan fingerprint density at radius 3 is 0.878 bits per heavy atom. The number of rotatable bonds is 2. The Morgan fingerprint density at radius 2 is 0.707 bits per heavy atom. The number of hydrogen-bond donors (Lipinski definition) is 0. The van der Waals surface area contributed by atoms with Crippen LogP contribution in [0.1, 0.15) is 11.1 Å². The van der Waals surface area contributed by atoms with Crippen molar-refractivity contribution in [3.8, 4) is 47.5 Å². The maximum Gasteiger partial charge on any atom is 2.00 e. The van der Waals surface area contributed by atoms with Crippen molar-refractivity contribution in [1.29, 1.82) is 0 Å². The Bertz CT molecular complexity index is 1370. The van der Waals surface area contributed by atoms with Gasteiger partial charge in [-0.2, -0.15) is 0 Å². The predicted molar refractivity (Wildman–Crippen MR) is 159 cm³/mol. The van der Waals surface area contributed by atoms with E-state index in [9.17, 15) is 0 Å². The molecule has 0 N–H and O–H groups in total. The van der Waals surface area contributed by atoms with Gasteiger partial charge in [0.15, 0.2) is 0 Å². The van der Waals surface area contributed by atoms with Crippen LogP contribution in [0, 0.1) is 24.7 Å². The molecule has 0 amide bonds. The second-order valence-electron chi connectivity index (χ2n) is 7.63. The summed E-state index contributed by atoms with van der Waals surface area (Å²) in [5.74, 6) is 4.93. The number of nitrogens with zero attached hydrogens (tertiary/aromatic N) is 6. The minimum atomic E-state index is 0. The molecule has 198 valence electrons. The summed E-state index contributed by atoms with van der Waals surface area (Å²) in [7, 11) is 0. The summed E-state index contributed by atoms with van der Waals surface area (Å²) in [6, 6.07) is 30.5. The molecule has 6 heterocycles. The van der Waals surface area contributed by atoms with E-state index in [0.29, 0.717) is 0 Å². The Balaban J connectivity index is 0.000000193. The van der Waals surface area contributed by atoms with Gasteiger partial charge in [-0.1, -0.05) is 36.1 Å². The van der Waals surface area contributed by atoms with Gasteiger partial charge >= 0.3 is 19.5 Å². The second-order valence-corrected chi connectivity index (χ2v) is 7.63. The molecule has 0 spiro atoms. The van der Waals surface area contributed by atoms with Crippen LogP contribution < -0.4 is 0 Å². The maximum absolute atomic E-state index is 5.06. The summed E-state index contributed by atoms with van der Waals surface area (Å²) in [6.07, 6.45) is 23.9. The van der Waals surface area contributed by atoms with Gasteiger partial charge in [-0.25, -0.2) is 0 Å². The first-order valence-corrected chi connectivity index (χ1v) is 12.2. The van der Waals surface area contributed by atoms with Crippen molar-refractivity contribution in [2.75, 3.05) is 0 Å². The molecule has 0 atom stereocenters. The third-order valence-electron chi connectivity index (χ3n) is 4.84. The van der Waals surface area contributed by atoms with E-state index in [1.54, 1.807) is 49.6 Å². The van der Waals surface area contributed by atoms with E-state index in [1.165, 1.54) is 0 Å². The van der Waals surface area contributed by atoms with E-state index in [0.717, 1.165) is 33.9 Å². The average Bonchev–Trinajstić information content (AvgIpc) is 3.08. The van der Waals surface area contributed by atoms with E-state index in [2.05, 4.69) is 41.7 Å². The van der Waals surface area contributed by atoms with E-state index < -0.39 is 0 Å². The van der Waals surface area contributed by atoms with Gasteiger partial charge in [0.1, 0.15) is 0 Å². The number of terminal acetylenes is 2. The fourth-order valence-electron chi connectivity index (χ4n) is 2.95. The Kier molecular flexibility index (Phi) is 15.3. The fourth-order valence-corrected chi connectivity index (χ4v) is 2.95. The Hall–Kier alpha value is -5.36. The topological polar surface area (TPSA) is 77.3 Å². The van der Waals surface area contributed by atoms with E-state index in [4.69, 9.17) is 12.8 Å². The van der Waals surface area contributed by atoms with E-state index >= 15 is 0 Å². The molecule has 0 aliphatic rings. The van der Waals surface area contributed by atoms with Crippen LogP contribution in [-0.4, -0.2) is 29.9 Å². The van der Waals surface area contributed by atoms with Crippen LogP contribution in [0.3, 0.4) is 0 Å². The maximum atomic E-state index is 5.06. The third kappa shape index (κ3) is 12.4. The smallest absolute Gasteiger partial charge is 0.263 e. The molecule has 0 bridgehead atoms. The fraction of sp³-hybridized carbons (Fsp3) is 0. The quantitative estimate of drug-likeness (QED) is 0.165. The molecule has 0 unspecified atom stereocenters. The van der Waals surface area contributed by atoms with E-state index in [1.807, 2.05) is 97.1 Å². The second kappa shape index (κ2) is 19.7. The zero-order chi connectivity index (χ0) is 28.1. The van der Waals surface area contributed by atoms with Gasteiger partial charge in [0.2, 0.25) is 0 Å². The first-order valence-electron chi connectivity index (χ1n) is 12.2. The molecule has 0 saturated carbocycles. The van der Waals surface area contributed by atoms with Gasteiger partial charge in [-0.15, -0.1) is 12.8 Å². The zero-order valence-corrected chi connectivity index (χ0v) is 23.8. The van der Waals surface area contributed by atoms with Gasteiger partial charge in [0.25, 0.3) is 0 Å². The molecule has 41 heavy (non-hydrogen) atoms. The van der Waals surface area contributed by atoms with Crippen molar-refractivity contribution in [1.82, 2.24) is 29.9 Å². The summed E-state index contributed by atoms with van der Waals surface area (Å²) in [5.41, 5.74) is 5.31. The molecular weight excluding hydrogens is 593 g/mol. The predicted octanol–water partition coefficient (Wildman–Crippen LogP) is 6.41. The first kappa shape index (κ1) is 31.9. The molecule has 0 saturated heterocycles. The Morgan fingerprint density at radius 1 is 0.390 bits per heavy atom. The van der Waals surface area contributed by atoms with Gasteiger partial charge in [-0.05, 0) is 72.8 Å². The van der Waals surface area contributed by atoms with Crippen LogP contribution in [0.5, 0.6) is 0 Å². The molecule has 0 aliphatic carbocycles. The SMILES string of the molecule is C#Cc1cccnc1.C#Cc1cccnc1.[Ru+2].c1ccc(-c2ccccn2)nc1.c1ccc(-c2ccccn2)nc1. The molecule has 0 radical (unpaired) electrons. The first-order chi connectivity index (χ1) is 19.8. The molecule has 0 aromatic carbocycles. The normalized spacial score (nSPS) is 8.73. The standard InChI is InChI=1S/2C10H8N2.2C7H5N.Ru/c2*1-3-7-11-9(5-1)10-6-2-4-8-12-10;2*1-2-7-4-3-5-8-6-7;/h2*1-8H;2*1,3-6H;/q;;;;+2. The molecule has 7 heteroatoms. The van der Waals surface area contributed by atoms with Crippen LogP contribution in [0.2, 0.25) is 0 Å². The number of pyridine rings is 6. The van der Waals surface area contributed by atoms with Gasteiger partial charge in [-0.3, -0.25) is 29.9 Å². The summed E-state index contributed by atoms with van der Waals surface area (Å²) < 4.78 is 0. The van der Waals surface area contributed by atoms with Crippen LogP contribution in [0.4, 0.5) is 0 Å². The molecular formula is C34H26N6Ru+2. The van der Waals surface area contributed by atoms with E-state index in [-0.39, 0.29) is 19.5 Å². The molecule has 6 aromatic rings. The van der Waals surface area contributed by atoms with Gasteiger partial charge in [0, 0.05) is 60.7 Å². The minimum absolute atomic E-state index is 0. The van der Waals surface area contributed by atoms with Gasteiger partial charge in [0.05, 0.1) is 22.8 Å². The number of aromatic nitrogens is 6. The van der Waals surface area contributed by atoms with Crippen LogP contribution in [-0.2, 0) is 19.5 Å². The van der Waals surface area contributed by atoms with Crippen molar-refractivity contribution in [3.05, 3.63) is 158 Å². The van der Waals surface area contributed by atoms with Crippen LogP contribution >= 0.6 is 0 Å². The van der Waals surface area contributed by atoms with Crippen molar-refractivity contribution in [3.63, 3.8) is 0 Å². The largest absolute Gasteiger partial charge is 2.00 e. The van der Waals surface area contributed by atoms with Gasteiger partial charge < -0.3 is 0 Å². The molecule has 0 fully saturated rings. The van der Waals surface area contributed by atoms with Crippen LogP contribution in [0.25, 0.3) is 22.8 Å². The molecule has 6 nitrogen and oxygen atoms in total. The summed E-state index contributed by atoms with van der Waals surface area (Å²) in [6.45, 7) is 0. The average molecular weight is 620 g/mol. The monoisotopic (exact) mass is 620 g/mol. The molecule has 0 aliphatic heterocycles. The minimum Gasteiger partial charge on any atom is -0.263 e. The zero-order valence-electron chi connectivity index (χ0n) is 22.0. The van der Waals surface area contributed by atoms with Crippen molar-refractivity contribution in [2.24, 2.45) is 0 Å². The van der Waals surface area contributed by atoms with Crippen molar-refractivity contribution < 1.29 is 19.5 Å². The van der Waals surface area contributed by atoms with Crippen molar-refractivity contribution >= 4 is 0 Å². The summed E-state index contributed by atoms with van der Waals surface area (Å²) in [4.78, 5) is 24.4. The molecule has 6 rings (SSSR count). The number of hydrogen-bond acceptors (Lipinski definition) is 6. The van der Waals surface area contributed by atoms with Crippen molar-refractivity contribution in [2.45, 2.75) is 0 Å².